The highest BCUT2D eigenvalue weighted by Gasteiger charge is 2.25. The lowest BCUT2D eigenvalue weighted by Gasteiger charge is -2.32. The smallest absolute Gasteiger partial charge is 0.241 e. The number of nitrogens with one attached hydrogen (secondary N) is 1. The normalized spacial score (nSPS) is 16.8. The minimum atomic E-state index is -0.581. The van der Waals surface area contributed by atoms with E-state index in [4.69, 9.17) is 10.5 Å². The van der Waals surface area contributed by atoms with E-state index in [1.807, 2.05) is 44.2 Å². The first-order chi connectivity index (χ1) is 11.5. The first kappa shape index (κ1) is 18.3. The molecule has 1 heterocycles. The monoisotopic (exact) mass is 333 g/mol. The second-order valence-corrected chi connectivity index (χ2v) is 6.50. The molecule has 6 heteroatoms. The van der Waals surface area contributed by atoms with Crippen LogP contribution in [0.5, 0.6) is 5.75 Å². The Kier molecular flexibility index (Phi) is 6.61. The van der Waals surface area contributed by atoms with Gasteiger partial charge in [0.1, 0.15) is 11.9 Å². The number of para-hydroxylation sites is 1. The number of ether oxygens (including phenoxy) is 1. The van der Waals surface area contributed by atoms with E-state index in [1.54, 1.807) is 4.90 Å². The predicted molar refractivity (Wildman–Crippen MR) is 92.5 cm³/mol. The molecular weight excluding hydrogens is 306 g/mol. The van der Waals surface area contributed by atoms with Gasteiger partial charge in [0.15, 0.2) is 0 Å². The van der Waals surface area contributed by atoms with Gasteiger partial charge in [-0.25, -0.2) is 0 Å². The number of benzene rings is 1. The zero-order valence-corrected chi connectivity index (χ0v) is 14.4. The lowest BCUT2D eigenvalue weighted by molar-refractivity contribution is -0.134. The number of carbonyl (C=O) groups is 2. The first-order valence-electron chi connectivity index (χ1n) is 8.50. The lowest BCUT2D eigenvalue weighted by atomic mass is 10.1. The third kappa shape index (κ3) is 5.23. The van der Waals surface area contributed by atoms with Crippen LogP contribution in [0.1, 0.15) is 26.7 Å². The molecule has 24 heavy (non-hydrogen) atoms. The summed E-state index contributed by atoms with van der Waals surface area (Å²) in [4.78, 5) is 25.8. The second kappa shape index (κ2) is 8.68. The molecule has 0 unspecified atom stereocenters. The van der Waals surface area contributed by atoms with E-state index in [1.165, 1.54) is 0 Å². The van der Waals surface area contributed by atoms with Crippen molar-refractivity contribution in [2.75, 3.05) is 19.6 Å². The molecule has 0 bridgehead atoms. The van der Waals surface area contributed by atoms with Gasteiger partial charge < -0.3 is 20.7 Å². The fourth-order valence-corrected chi connectivity index (χ4v) is 2.61. The fourth-order valence-electron chi connectivity index (χ4n) is 2.61. The van der Waals surface area contributed by atoms with E-state index in [2.05, 4.69) is 5.32 Å². The summed E-state index contributed by atoms with van der Waals surface area (Å²) in [5, 5.41) is 2.63. The number of piperidine rings is 1. The number of hydrogen-bond donors (Lipinski definition) is 2. The van der Waals surface area contributed by atoms with E-state index < -0.39 is 6.04 Å². The van der Waals surface area contributed by atoms with Crippen molar-refractivity contribution in [1.82, 2.24) is 10.2 Å². The van der Waals surface area contributed by atoms with Gasteiger partial charge in [-0.05, 0) is 18.1 Å². The minimum absolute atomic E-state index is 0.00343. The van der Waals surface area contributed by atoms with Crippen molar-refractivity contribution in [2.45, 2.75) is 38.8 Å². The molecule has 1 saturated heterocycles. The van der Waals surface area contributed by atoms with Crippen LogP contribution in [-0.2, 0) is 9.59 Å². The number of nitrogens with zero attached hydrogens (tertiary/aromatic N) is 1. The summed E-state index contributed by atoms with van der Waals surface area (Å²) in [5.41, 5.74) is 5.76. The van der Waals surface area contributed by atoms with Gasteiger partial charge in [-0.2, -0.15) is 0 Å². The molecular formula is C18H27N3O3. The number of amides is 2. The van der Waals surface area contributed by atoms with Gasteiger partial charge in [-0.1, -0.05) is 32.0 Å². The number of likely N-dealkylation sites (tertiary alicyclic amines) is 1. The standard InChI is InChI=1S/C18H27N3O3/c1-13(2)17(19)18(23)20-12-16(22)21-10-8-15(9-11-21)24-14-6-4-3-5-7-14/h3-7,13,15,17H,8-12,19H2,1-2H3,(H,20,23)/t17-/m0/s1. The molecule has 1 atom stereocenters. The van der Waals surface area contributed by atoms with Gasteiger partial charge in [-0.15, -0.1) is 0 Å². The highest BCUT2D eigenvalue weighted by molar-refractivity contribution is 5.87. The van der Waals surface area contributed by atoms with Crippen LogP contribution in [0.4, 0.5) is 0 Å². The molecule has 1 aliphatic heterocycles. The maximum absolute atomic E-state index is 12.2. The first-order valence-corrected chi connectivity index (χ1v) is 8.50. The topological polar surface area (TPSA) is 84.7 Å². The summed E-state index contributed by atoms with van der Waals surface area (Å²) in [6, 6.07) is 9.13. The van der Waals surface area contributed by atoms with Crippen molar-refractivity contribution in [2.24, 2.45) is 11.7 Å². The summed E-state index contributed by atoms with van der Waals surface area (Å²) >= 11 is 0. The van der Waals surface area contributed by atoms with Gasteiger partial charge >= 0.3 is 0 Å². The van der Waals surface area contributed by atoms with Crippen LogP contribution in [0.3, 0.4) is 0 Å². The Morgan fingerprint density at radius 1 is 1.25 bits per heavy atom. The number of carbonyl (C=O) groups excluding carboxylic acids is 2. The van der Waals surface area contributed by atoms with Crippen LogP contribution < -0.4 is 15.8 Å². The number of hydrogen-bond acceptors (Lipinski definition) is 4. The van der Waals surface area contributed by atoms with Crippen LogP contribution in [0.2, 0.25) is 0 Å². The zero-order valence-electron chi connectivity index (χ0n) is 14.4. The third-order valence-corrected chi connectivity index (χ3v) is 4.28. The summed E-state index contributed by atoms with van der Waals surface area (Å²) in [6.07, 6.45) is 1.71. The fraction of sp³-hybridized carbons (Fsp3) is 0.556. The van der Waals surface area contributed by atoms with E-state index >= 15 is 0 Å². The highest BCUT2D eigenvalue weighted by atomic mass is 16.5. The Bertz CT molecular complexity index is 540. The van der Waals surface area contributed by atoms with Crippen LogP contribution in [-0.4, -0.2) is 48.5 Å². The minimum Gasteiger partial charge on any atom is -0.490 e. The van der Waals surface area contributed by atoms with E-state index in [9.17, 15) is 9.59 Å². The Labute approximate surface area is 143 Å². The maximum atomic E-state index is 12.2. The van der Waals surface area contributed by atoms with Gasteiger partial charge in [0.2, 0.25) is 11.8 Å². The maximum Gasteiger partial charge on any atom is 0.241 e. The quantitative estimate of drug-likeness (QED) is 0.818. The van der Waals surface area contributed by atoms with Gasteiger partial charge in [0, 0.05) is 25.9 Å². The summed E-state index contributed by atoms with van der Waals surface area (Å²) < 4.78 is 5.92. The van der Waals surface area contributed by atoms with E-state index in [-0.39, 0.29) is 30.4 Å². The highest BCUT2D eigenvalue weighted by Crippen LogP contribution is 2.18. The molecule has 1 aliphatic rings. The van der Waals surface area contributed by atoms with Crippen LogP contribution in [0.25, 0.3) is 0 Å². The molecule has 0 spiro atoms. The Balaban J connectivity index is 1.71. The van der Waals surface area contributed by atoms with Crippen molar-refractivity contribution < 1.29 is 14.3 Å². The van der Waals surface area contributed by atoms with Crippen LogP contribution in [0.15, 0.2) is 30.3 Å². The molecule has 1 aromatic rings. The Morgan fingerprint density at radius 3 is 2.46 bits per heavy atom. The molecule has 0 radical (unpaired) electrons. The third-order valence-electron chi connectivity index (χ3n) is 4.28. The Hall–Kier alpha value is -2.08. The van der Waals surface area contributed by atoms with Crippen molar-refractivity contribution >= 4 is 11.8 Å². The molecule has 6 nitrogen and oxygen atoms in total. The van der Waals surface area contributed by atoms with Crippen molar-refractivity contribution in [3.05, 3.63) is 30.3 Å². The molecule has 132 valence electrons. The number of nitrogens with two attached hydrogens (primary N) is 1. The second-order valence-electron chi connectivity index (χ2n) is 6.50. The molecule has 1 aromatic carbocycles. The van der Waals surface area contributed by atoms with Gasteiger partial charge in [0.25, 0.3) is 0 Å². The average Bonchev–Trinajstić information content (AvgIpc) is 2.60. The SMILES string of the molecule is CC(C)[C@H](N)C(=O)NCC(=O)N1CCC(Oc2ccccc2)CC1. The Morgan fingerprint density at radius 2 is 1.88 bits per heavy atom. The van der Waals surface area contributed by atoms with E-state index in [0.717, 1.165) is 18.6 Å². The molecule has 0 aromatic heterocycles. The van der Waals surface area contributed by atoms with Gasteiger partial charge in [0.05, 0.1) is 12.6 Å². The molecule has 0 saturated carbocycles. The zero-order chi connectivity index (χ0) is 17.5. The van der Waals surface area contributed by atoms with E-state index in [0.29, 0.717) is 13.1 Å². The average molecular weight is 333 g/mol. The van der Waals surface area contributed by atoms with Crippen molar-refractivity contribution in [1.29, 1.82) is 0 Å². The molecule has 3 N–H and O–H groups in total. The van der Waals surface area contributed by atoms with Crippen molar-refractivity contribution in [3.8, 4) is 5.75 Å². The van der Waals surface area contributed by atoms with Crippen LogP contribution in [0, 0.1) is 5.92 Å². The number of rotatable bonds is 6. The molecule has 0 aliphatic carbocycles. The van der Waals surface area contributed by atoms with Crippen LogP contribution >= 0.6 is 0 Å². The largest absolute Gasteiger partial charge is 0.490 e. The lowest BCUT2D eigenvalue weighted by Crippen LogP contribution is -2.49. The van der Waals surface area contributed by atoms with Gasteiger partial charge in [-0.3, -0.25) is 9.59 Å². The predicted octanol–water partition coefficient (Wildman–Crippen LogP) is 1.16. The summed E-state index contributed by atoms with van der Waals surface area (Å²) in [6.45, 7) is 5.04. The molecule has 1 fully saturated rings. The molecule has 2 amide bonds. The summed E-state index contributed by atoms with van der Waals surface area (Å²) in [5.74, 6) is 0.557. The molecule has 2 rings (SSSR count). The van der Waals surface area contributed by atoms with Crippen molar-refractivity contribution in [3.63, 3.8) is 0 Å². The summed E-state index contributed by atoms with van der Waals surface area (Å²) in [7, 11) is 0.